The average molecular weight is 378 g/mol. The Morgan fingerprint density at radius 3 is 2.74 bits per heavy atom. The molecule has 0 aliphatic carbocycles. The molecule has 0 unspecified atom stereocenters. The van der Waals surface area contributed by atoms with Gasteiger partial charge in [-0.3, -0.25) is 15.1 Å². The molecule has 27 heavy (non-hydrogen) atoms. The summed E-state index contributed by atoms with van der Waals surface area (Å²) < 4.78 is 7.55. The number of thiazole rings is 1. The largest absolute Gasteiger partial charge is 0.454 e. The first-order valence-corrected chi connectivity index (χ1v) is 8.95. The Morgan fingerprint density at radius 1 is 1.19 bits per heavy atom. The number of nitro benzene ring substituents is 1. The zero-order valence-electron chi connectivity index (χ0n) is 14.3. The molecular formula is C19H14N4O3S. The third kappa shape index (κ3) is 3.18. The first-order valence-electron chi connectivity index (χ1n) is 8.07. The van der Waals surface area contributed by atoms with Gasteiger partial charge in [-0.05, 0) is 18.2 Å². The van der Waals surface area contributed by atoms with Gasteiger partial charge in [0.1, 0.15) is 11.3 Å². The van der Waals surface area contributed by atoms with Crippen LogP contribution in [0.4, 0.5) is 5.69 Å². The molecule has 0 bridgehead atoms. The quantitative estimate of drug-likeness (QED) is 0.302. The van der Waals surface area contributed by atoms with Gasteiger partial charge in [0.25, 0.3) is 5.69 Å². The van der Waals surface area contributed by atoms with Crippen LogP contribution in [-0.2, 0) is 0 Å². The molecule has 0 aliphatic rings. The zero-order chi connectivity index (χ0) is 18.8. The van der Waals surface area contributed by atoms with Gasteiger partial charge in [0.15, 0.2) is 5.76 Å². The first-order chi connectivity index (χ1) is 13.2. The Kier molecular flexibility index (Phi) is 4.39. The van der Waals surface area contributed by atoms with Crippen LogP contribution in [0.2, 0.25) is 0 Å². The minimum Gasteiger partial charge on any atom is -0.454 e. The highest BCUT2D eigenvalue weighted by molar-refractivity contribution is 7.07. The van der Waals surface area contributed by atoms with Gasteiger partial charge in [0.05, 0.1) is 16.7 Å². The fourth-order valence-corrected chi connectivity index (χ4v) is 3.51. The van der Waals surface area contributed by atoms with E-state index in [1.807, 2.05) is 35.7 Å². The van der Waals surface area contributed by atoms with Crippen molar-refractivity contribution in [1.82, 2.24) is 4.68 Å². The van der Waals surface area contributed by atoms with E-state index < -0.39 is 4.92 Å². The summed E-state index contributed by atoms with van der Waals surface area (Å²) in [5, 5.41) is 18.5. The van der Waals surface area contributed by atoms with Crippen molar-refractivity contribution in [2.24, 2.45) is 10.1 Å². The highest BCUT2D eigenvalue weighted by Gasteiger charge is 2.14. The molecule has 0 N–H and O–H groups in total. The lowest BCUT2D eigenvalue weighted by Gasteiger charge is -2.00. The van der Waals surface area contributed by atoms with E-state index >= 15 is 0 Å². The fourth-order valence-electron chi connectivity index (χ4n) is 2.72. The minimum absolute atomic E-state index is 0.00245. The van der Waals surface area contributed by atoms with Gasteiger partial charge in [-0.1, -0.05) is 30.3 Å². The maximum Gasteiger partial charge on any atom is 0.278 e. The van der Waals surface area contributed by atoms with Crippen LogP contribution in [0.1, 0.15) is 5.56 Å². The van der Waals surface area contributed by atoms with Crippen LogP contribution >= 0.6 is 11.3 Å². The summed E-state index contributed by atoms with van der Waals surface area (Å²) in [5.41, 5.74) is 1.92. The van der Waals surface area contributed by atoms with E-state index in [2.05, 4.69) is 10.1 Å². The molecule has 0 atom stereocenters. The number of aromatic nitrogens is 1. The van der Waals surface area contributed by atoms with Crippen molar-refractivity contribution in [3.8, 4) is 11.5 Å². The normalized spacial score (nSPS) is 12.3. The molecule has 0 radical (unpaired) electrons. The second-order valence-electron chi connectivity index (χ2n) is 5.65. The van der Waals surface area contributed by atoms with Crippen LogP contribution in [0.25, 0.3) is 22.4 Å². The molecule has 134 valence electrons. The number of nitro groups is 1. The molecule has 4 aromatic rings. The summed E-state index contributed by atoms with van der Waals surface area (Å²) in [7, 11) is 1.67. The van der Waals surface area contributed by atoms with Crippen molar-refractivity contribution >= 4 is 34.2 Å². The van der Waals surface area contributed by atoms with Crippen molar-refractivity contribution in [2.75, 3.05) is 7.05 Å². The van der Waals surface area contributed by atoms with Crippen LogP contribution in [0.15, 0.2) is 74.5 Å². The lowest BCUT2D eigenvalue weighted by atomic mass is 10.2. The molecule has 0 spiro atoms. The van der Waals surface area contributed by atoms with E-state index in [1.165, 1.54) is 23.6 Å². The minimum atomic E-state index is -0.426. The Balaban J connectivity index is 1.82. The SMILES string of the molecule is CN=c1scc(-c2cc3ccccc3o2)n1N=Cc1ccccc1[N+](=O)[O-]. The summed E-state index contributed by atoms with van der Waals surface area (Å²) in [5.74, 6) is 0.655. The Bertz CT molecular complexity index is 1200. The molecular weight excluding hydrogens is 364 g/mol. The van der Waals surface area contributed by atoms with Crippen molar-refractivity contribution in [3.63, 3.8) is 0 Å². The van der Waals surface area contributed by atoms with E-state index in [0.29, 0.717) is 16.1 Å². The van der Waals surface area contributed by atoms with Crippen LogP contribution in [0.5, 0.6) is 0 Å². The van der Waals surface area contributed by atoms with E-state index in [-0.39, 0.29) is 5.69 Å². The van der Waals surface area contributed by atoms with Crippen LogP contribution in [0.3, 0.4) is 0 Å². The molecule has 7 nitrogen and oxygen atoms in total. The molecule has 8 heteroatoms. The Labute approximate surface area is 157 Å². The molecule has 0 aliphatic heterocycles. The summed E-state index contributed by atoms with van der Waals surface area (Å²) >= 11 is 1.42. The summed E-state index contributed by atoms with van der Waals surface area (Å²) in [6, 6.07) is 16.1. The lowest BCUT2D eigenvalue weighted by Crippen LogP contribution is -2.11. The maximum atomic E-state index is 11.2. The number of benzene rings is 2. The molecule has 2 heterocycles. The number of para-hydroxylation sites is 2. The molecule has 4 rings (SSSR count). The Hall–Kier alpha value is -3.52. The topological polar surface area (TPSA) is 85.9 Å². The molecule has 2 aromatic carbocycles. The standard InChI is InChI=1S/C19H14N4O3S/c1-20-19-22(21-11-14-7-2-4-8-15(14)23(24)25)16(12-27-19)18-10-13-6-3-5-9-17(13)26-18/h2-12H,1H3. The van der Waals surface area contributed by atoms with E-state index in [9.17, 15) is 10.1 Å². The number of furan rings is 1. The van der Waals surface area contributed by atoms with E-state index in [1.54, 1.807) is 29.9 Å². The number of fused-ring (bicyclic) bond motifs is 1. The first kappa shape index (κ1) is 16.9. The smallest absolute Gasteiger partial charge is 0.278 e. The Morgan fingerprint density at radius 2 is 1.96 bits per heavy atom. The predicted octanol–water partition coefficient (Wildman–Crippen LogP) is 4.28. The molecule has 2 aromatic heterocycles. The van der Waals surface area contributed by atoms with E-state index in [0.717, 1.165) is 16.7 Å². The summed E-state index contributed by atoms with van der Waals surface area (Å²) in [4.78, 5) is 15.7. The highest BCUT2D eigenvalue weighted by atomic mass is 32.1. The molecule has 0 amide bonds. The third-order valence-corrected chi connectivity index (χ3v) is 4.91. The summed E-state index contributed by atoms with van der Waals surface area (Å²) in [6.45, 7) is 0. The second-order valence-corrected chi connectivity index (χ2v) is 6.48. The van der Waals surface area contributed by atoms with Crippen LogP contribution in [-0.4, -0.2) is 22.9 Å². The van der Waals surface area contributed by atoms with Crippen molar-refractivity contribution < 1.29 is 9.34 Å². The molecule has 0 fully saturated rings. The van der Waals surface area contributed by atoms with E-state index in [4.69, 9.17) is 4.42 Å². The van der Waals surface area contributed by atoms with Gasteiger partial charge in [-0.2, -0.15) is 5.10 Å². The average Bonchev–Trinajstić information content (AvgIpc) is 3.29. The van der Waals surface area contributed by atoms with Crippen molar-refractivity contribution in [1.29, 1.82) is 0 Å². The van der Waals surface area contributed by atoms with Gasteiger partial charge < -0.3 is 4.42 Å². The van der Waals surface area contributed by atoms with Crippen LogP contribution in [0, 0.1) is 10.1 Å². The van der Waals surface area contributed by atoms with Gasteiger partial charge in [0.2, 0.25) is 4.80 Å². The predicted molar refractivity (Wildman–Crippen MR) is 105 cm³/mol. The van der Waals surface area contributed by atoms with Gasteiger partial charge in [0, 0.05) is 23.9 Å². The lowest BCUT2D eigenvalue weighted by molar-refractivity contribution is -0.385. The monoisotopic (exact) mass is 378 g/mol. The maximum absolute atomic E-state index is 11.2. The molecule has 0 saturated carbocycles. The number of hydrogen-bond donors (Lipinski definition) is 0. The molecule has 0 saturated heterocycles. The number of hydrogen-bond acceptors (Lipinski definition) is 6. The van der Waals surface area contributed by atoms with Crippen molar-refractivity contribution in [2.45, 2.75) is 0 Å². The third-order valence-electron chi connectivity index (χ3n) is 4.00. The summed E-state index contributed by atoms with van der Waals surface area (Å²) in [6.07, 6.45) is 1.46. The number of nitrogens with zero attached hydrogens (tertiary/aromatic N) is 4. The second kappa shape index (κ2) is 7.00. The number of rotatable bonds is 4. The van der Waals surface area contributed by atoms with Gasteiger partial charge >= 0.3 is 0 Å². The fraction of sp³-hybridized carbons (Fsp3) is 0.0526. The van der Waals surface area contributed by atoms with Gasteiger partial charge in [-0.15, -0.1) is 11.3 Å². The van der Waals surface area contributed by atoms with Crippen molar-refractivity contribution in [3.05, 3.63) is 80.5 Å². The van der Waals surface area contributed by atoms with Gasteiger partial charge in [-0.25, -0.2) is 4.68 Å². The zero-order valence-corrected chi connectivity index (χ0v) is 15.1. The highest BCUT2D eigenvalue weighted by Crippen LogP contribution is 2.28. The van der Waals surface area contributed by atoms with Crippen LogP contribution < -0.4 is 4.80 Å².